The maximum atomic E-state index is 13.6. The van der Waals surface area contributed by atoms with Crippen LogP contribution >= 0.6 is 0 Å². The number of hydrogen-bond acceptors (Lipinski definition) is 2. The van der Waals surface area contributed by atoms with Gasteiger partial charge in [0.25, 0.3) is 0 Å². The highest BCUT2D eigenvalue weighted by Crippen LogP contribution is 2.19. The molecule has 3 aromatic rings. The molecule has 0 bridgehead atoms. The summed E-state index contributed by atoms with van der Waals surface area (Å²) in [5.41, 5.74) is 5.62. The van der Waals surface area contributed by atoms with Crippen molar-refractivity contribution in [2.75, 3.05) is 7.05 Å². The van der Waals surface area contributed by atoms with Gasteiger partial charge in [-0.15, -0.1) is 0 Å². The molecule has 4 nitrogen and oxygen atoms in total. The Morgan fingerprint density at radius 2 is 1.48 bits per heavy atom. The molecule has 0 saturated heterocycles. The van der Waals surface area contributed by atoms with Gasteiger partial charge >= 0.3 is 0 Å². The lowest BCUT2D eigenvalue weighted by atomic mass is 10.00. The molecular weight excluding hydrogens is 408 g/mol. The van der Waals surface area contributed by atoms with Crippen molar-refractivity contribution >= 4 is 11.8 Å². The molecule has 0 aliphatic rings. The minimum atomic E-state index is -0.577. The first kappa shape index (κ1) is 24.2. The summed E-state index contributed by atoms with van der Waals surface area (Å²) in [6.45, 7) is 4.58. The van der Waals surface area contributed by atoms with Gasteiger partial charge < -0.3 is 10.2 Å². The highest BCUT2D eigenvalue weighted by Gasteiger charge is 2.29. The number of rotatable bonds is 10. The Balaban J connectivity index is 1.86. The van der Waals surface area contributed by atoms with Crippen molar-refractivity contribution in [2.24, 2.45) is 0 Å². The van der Waals surface area contributed by atoms with Crippen LogP contribution in [0.1, 0.15) is 41.2 Å². The van der Waals surface area contributed by atoms with E-state index < -0.39 is 6.04 Å². The molecule has 0 unspecified atom stereocenters. The van der Waals surface area contributed by atoms with Crippen molar-refractivity contribution in [2.45, 2.75) is 52.1 Å². The molecule has 2 amide bonds. The standard InChI is InChI=1S/C29H34N2O2/c1-4-23-14-16-24(17-15-23)18-19-28(32)31(21-26-13-9-8-10-22(26)2)27(29(33)30-3)20-25-11-6-5-7-12-25/h5-17,27H,4,18-21H2,1-3H3,(H,30,33)/t27-/m1/s1. The number of nitrogens with one attached hydrogen (secondary N) is 1. The molecule has 1 atom stereocenters. The van der Waals surface area contributed by atoms with Gasteiger partial charge in [0, 0.05) is 26.4 Å². The quantitative estimate of drug-likeness (QED) is 0.487. The molecule has 4 heteroatoms. The molecule has 0 saturated carbocycles. The molecule has 3 rings (SSSR count). The summed E-state index contributed by atoms with van der Waals surface area (Å²) in [4.78, 5) is 28.3. The number of benzene rings is 3. The molecule has 1 N–H and O–H groups in total. The highest BCUT2D eigenvalue weighted by atomic mass is 16.2. The third kappa shape index (κ3) is 6.79. The van der Waals surface area contributed by atoms with E-state index in [-0.39, 0.29) is 11.8 Å². The van der Waals surface area contributed by atoms with Crippen LogP contribution in [-0.4, -0.2) is 29.8 Å². The molecule has 0 aliphatic heterocycles. The molecule has 0 aromatic heterocycles. The Morgan fingerprint density at radius 1 is 0.848 bits per heavy atom. The van der Waals surface area contributed by atoms with Gasteiger partial charge in [-0.1, -0.05) is 85.8 Å². The summed E-state index contributed by atoms with van der Waals surface area (Å²) in [6, 6.07) is 25.8. The fourth-order valence-electron chi connectivity index (χ4n) is 4.03. The second-order valence-electron chi connectivity index (χ2n) is 8.44. The van der Waals surface area contributed by atoms with E-state index in [9.17, 15) is 9.59 Å². The Kier molecular flexibility index (Phi) is 8.82. The van der Waals surface area contributed by atoms with Gasteiger partial charge in [0.2, 0.25) is 11.8 Å². The average molecular weight is 443 g/mol. The fourth-order valence-corrected chi connectivity index (χ4v) is 4.03. The van der Waals surface area contributed by atoms with Crippen molar-refractivity contribution in [3.05, 3.63) is 107 Å². The van der Waals surface area contributed by atoms with E-state index in [1.165, 1.54) is 5.56 Å². The first-order chi connectivity index (χ1) is 16.0. The number of carbonyl (C=O) groups is 2. The summed E-state index contributed by atoms with van der Waals surface area (Å²) in [7, 11) is 1.63. The van der Waals surface area contributed by atoms with Gasteiger partial charge in [0.1, 0.15) is 6.04 Å². The summed E-state index contributed by atoms with van der Waals surface area (Å²) in [5.74, 6) is -0.157. The number of carbonyl (C=O) groups excluding carboxylic acids is 2. The van der Waals surface area contributed by atoms with Crippen LogP contribution in [0.15, 0.2) is 78.9 Å². The number of nitrogens with zero attached hydrogens (tertiary/aromatic N) is 1. The molecule has 172 valence electrons. The van der Waals surface area contributed by atoms with Crippen LogP contribution in [0.4, 0.5) is 0 Å². The second kappa shape index (κ2) is 12.0. The van der Waals surface area contributed by atoms with Crippen molar-refractivity contribution in [3.8, 4) is 0 Å². The van der Waals surface area contributed by atoms with Crippen LogP contribution in [0.2, 0.25) is 0 Å². The molecule has 0 radical (unpaired) electrons. The maximum Gasteiger partial charge on any atom is 0.242 e. The van der Waals surface area contributed by atoms with Crippen molar-refractivity contribution < 1.29 is 9.59 Å². The van der Waals surface area contributed by atoms with E-state index in [2.05, 4.69) is 36.5 Å². The molecule has 3 aromatic carbocycles. The lowest BCUT2D eigenvalue weighted by molar-refractivity contribution is -0.141. The zero-order valence-corrected chi connectivity index (χ0v) is 19.9. The minimum absolute atomic E-state index is 0.0117. The van der Waals surface area contributed by atoms with E-state index in [1.807, 2.05) is 61.5 Å². The number of aryl methyl sites for hydroxylation is 3. The molecule has 0 aliphatic carbocycles. The third-order valence-electron chi connectivity index (χ3n) is 6.18. The summed E-state index contributed by atoms with van der Waals surface area (Å²) >= 11 is 0. The maximum absolute atomic E-state index is 13.6. The van der Waals surface area contributed by atoms with Crippen LogP contribution in [0.5, 0.6) is 0 Å². The molecule has 0 spiro atoms. The van der Waals surface area contributed by atoms with E-state index in [0.717, 1.165) is 28.7 Å². The topological polar surface area (TPSA) is 49.4 Å². The first-order valence-corrected chi connectivity index (χ1v) is 11.7. The van der Waals surface area contributed by atoms with Crippen molar-refractivity contribution in [1.29, 1.82) is 0 Å². The lowest BCUT2D eigenvalue weighted by Crippen LogP contribution is -2.49. The van der Waals surface area contributed by atoms with Gasteiger partial charge in [-0.25, -0.2) is 0 Å². The van der Waals surface area contributed by atoms with Gasteiger partial charge in [-0.3, -0.25) is 9.59 Å². The van der Waals surface area contributed by atoms with Crippen LogP contribution in [-0.2, 0) is 35.4 Å². The smallest absolute Gasteiger partial charge is 0.242 e. The normalized spacial score (nSPS) is 11.6. The van der Waals surface area contributed by atoms with E-state index in [4.69, 9.17) is 0 Å². The number of likely N-dealkylation sites (N-methyl/N-ethyl adjacent to an activating group) is 1. The summed E-state index contributed by atoms with van der Waals surface area (Å²) < 4.78 is 0. The average Bonchev–Trinajstić information content (AvgIpc) is 2.86. The van der Waals surface area contributed by atoms with Gasteiger partial charge in [-0.05, 0) is 47.6 Å². The van der Waals surface area contributed by atoms with Crippen LogP contribution in [0.25, 0.3) is 0 Å². The molecule has 0 fully saturated rings. The number of amides is 2. The Bertz CT molecular complexity index is 1040. The molecule has 33 heavy (non-hydrogen) atoms. The Labute approximate surface area is 197 Å². The van der Waals surface area contributed by atoms with Gasteiger partial charge in [0.05, 0.1) is 0 Å². The predicted octanol–water partition coefficient (Wildman–Crippen LogP) is 4.88. The van der Waals surface area contributed by atoms with Gasteiger partial charge in [0.15, 0.2) is 0 Å². The van der Waals surface area contributed by atoms with Gasteiger partial charge in [-0.2, -0.15) is 0 Å². The minimum Gasteiger partial charge on any atom is -0.357 e. The first-order valence-electron chi connectivity index (χ1n) is 11.7. The van der Waals surface area contributed by atoms with E-state index in [0.29, 0.717) is 25.8 Å². The summed E-state index contributed by atoms with van der Waals surface area (Å²) in [5, 5.41) is 2.77. The zero-order chi connectivity index (χ0) is 23.6. The zero-order valence-electron chi connectivity index (χ0n) is 19.9. The molecular formula is C29H34N2O2. The highest BCUT2D eigenvalue weighted by molar-refractivity contribution is 5.88. The predicted molar refractivity (Wildman–Crippen MR) is 134 cm³/mol. The third-order valence-corrected chi connectivity index (χ3v) is 6.18. The lowest BCUT2D eigenvalue weighted by Gasteiger charge is -2.31. The van der Waals surface area contributed by atoms with Crippen LogP contribution in [0, 0.1) is 6.92 Å². The van der Waals surface area contributed by atoms with Crippen LogP contribution < -0.4 is 5.32 Å². The van der Waals surface area contributed by atoms with Crippen molar-refractivity contribution in [1.82, 2.24) is 10.2 Å². The second-order valence-corrected chi connectivity index (χ2v) is 8.44. The SMILES string of the molecule is CCc1ccc(CCC(=O)N(Cc2ccccc2C)[C@H](Cc2ccccc2)C(=O)NC)cc1. The Hall–Kier alpha value is -3.40. The van der Waals surface area contributed by atoms with E-state index in [1.54, 1.807) is 11.9 Å². The number of hydrogen-bond donors (Lipinski definition) is 1. The van der Waals surface area contributed by atoms with E-state index >= 15 is 0 Å². The van der Waals surface area contributed by atoms with Crippen molar-refractivity contribution in [3.63, 3.8) is 0 Å². The fraction of sp³-hybridized carbons (Fsp3) is 0.310. The Morgan fingerprint density at radius 3 is 2.12 bits per heavy atom. The summed E-state index contributed by atoms with van der Waals surface area (Å²) in [6.07, 6.45) is 2.48. The molecule has 0 heterocycles. The monoisotopic (exact) mass is 442 g/mol. The van der Waals surface area contributed by atoms with Crippen LogP contribution in [0.3, 0.4) is 0 Å². The largest absolute Gasteiger partial charge is 0.357 e.